The van der Waals surface area contributed by atoms with Crippen LogP contribution in [0.1, 0.15) is 19.4 Å². The zero-order chi connectivity index (χ0) is 21.6. The van der Waals surface area contributed by atoms with Gasteiger partial charge in [0.2, 0.25) is 11.8 Å². The molecule has 0 bridgehead atoms. The SMILES string of the molecule is COc1cc(NC(=O)/C=C/c2ccc(Cl)c([N+](=O)[O-])c2)ccc1NC(=O)C(C)C. The lowest BCUT2D eigenvalue weighted by Crippen LogP contribution is -2.18. The lowest BCUT2D eigenvalue weighted by molar-refractivity contribution is -0.384. The third kappa shape index (κ3) is 6.05. The van der Waals surface area contributed by atoms with E-state index in [4.69, 9.17) is 16.3 Å². The number of halogens is 1. The Morgan fingerprint density at radius 3 is 2.52 bits per heavy atom. The fraction of sp³-hybridized carbons (Fsp3) is 0.200. The minimum Gasteiger partial charge on any atom is -0.494 e. The number of amides is 2. The summed E-state index contributed by atoms with van der Waals surface area (Å²) in [6.07, 6.45) is 2.68. The molecule has 0 aliphatic heterocycles. The molecule has 29 heavy (non-hydrogen) atoms. The van der Waals surface area contributed by atoms with Crippen molar-refractivity contribution in [2.24, 2.45) is 5.92 Å². The first-order valence-corrected chi connectivity index (χ1v) is 9.01. The molecule has 8 nitrogen and oxygen atoms in total. The molecule has 0 aliphatic rings. The number of nitro benzene ring substituents is 1. The Labute approximate surface area is 172 Å². The topological polar surface area (TPSA) is 111 Å². The first-order valence-electron chi connectivity index (χ1n) is 8.63. The van der Waals surface area contributed by atoms with E-state index in [1.54, 1.807) is 38.1 Å². The van der Waals surface area contributed by atoms with E-state index in [1.807, 2.05) is 0 Å². The van der Waals surface area contributed by atoms with Crippen molar-refractivity contribution in [2.45, 2.75) is 13.8 Å². The predicted octanol–water partition coefficient (Wildman–Crippen LogP) is 4.50. The number of hydrogen-bond acceptors (Lipinski definition) is 5. The molecule has 0 heterocycles. The molecule has 0 radical (unpaired) electrons. The van der Waals surface area contributed by atoms with Crippen LogP contribution < -0.4 is 15.4 Å². The maximum Gasteiger partial charge on any atom is 0.288 e. The van der Waals surface area contributed by atoms with Gasteiger partial charge in [0, 0.05) is 29.8 Å². The van der Waals surface area contributed by atoms with E-state index < -0.39 is 10.8 Å². The highest BCUT2D eigenvalue weighted by atomic mass is 35.5. The number of ether oxygens (including phenoxy) is 1. The second kappa shape index (κ2) is 9.70. The Hall–Kier alpha value is -3.39. The Balaban J connectivity index is 2.10. The Kier molecular flexibility index (Phi) is 7.33. The molecule has 2 N–H and O–H groups in total. The van der Waals surface area contributed by atoms with Crippen LogP contribution in [0.4, 0.5) is 17.1 Å². The maximum atomic E-state index is 12.2. The van der Waals surface area contributed by atoms with Gasteiger partial charge in [-0.2, -0.15) is 0 Å². The lowest BCUT2D eigenvalue weighted by atomic mass is 10.2. The molecule has 0 aromatic heterocycles. The normalized spacial score (nSPS) is 10.8. The van der Waals surface area contributed by atoms with E-state index in [2.05, 4.69) is 10.6 Å². The summed E-state index contributed by atoms with van der Waals surface area (Å²) in [5.74, 6) is -0.384. The standard InChI is InChI=1S/C20H20ClN3O5/c1-12(2)20(26)23-16-8-6-14(11-18(16)29-3)22-19(25)9-5-13-4-7-15(21)17(10-13)24(27)28/h4-12H,1-3H3,(H,22,25)(H,23,26)/b9-5+. The molecule has 2 aromatic carbocycles. The van der Waals surface area contributed by atoms with Gasteiger partial charge in [-0.1, -0.05) is 31.5 Å². The van der Waals surface area contributed by atoms with Gasteiger partial charge in [0.25, 0.3) is 5.69 Å². The van der Waals surface area contributed by atoms with Crippen molar-refractivity contribution in [3.8, 4) is 5.75 Å². The summed E-state index contributed by atoms with van der Waals surface area (Å²) in [6.45, 7) is 3.55. The van der Waals surface area contributed by atoms with E-state index in [0.717, 1.165) is 0 Å². The van der Waals surface area contributed by atoms with Crippen molar-refractivity contribution in [2.75, 3.05) is 17.7 Å². The molecule has 0 unspecified atom stereocenters. The van der Waals surface area contributed by atoms with Crippen molar-refractivity contribution < 1.29 is 19.2 Å². The first kappa shape index (κ1) is 21.9. The molecule has 0 aliphatic carbocycles. The molecule has 0 saturated carbocycles. The van der Waals surface area contributed by atoms with E-state index in [-0.39, 0.29) is 22.5 Å². The number of hydrogen-bond donors (Lipinski definition) is 2. The average Bonchev–Trinajstić information content (AvgIpc) is 2.68. The number of carbonyl (C=O) groups is 2. The van der Waals surface area contributed by atoms with Crippen LogP contribution in [-0.2, 0) is 9.59 Å². The number of benzene rings is 2. The largest absolute Gasteiger partial charge is 0.494 e. The Bertz CT molecular complexity index is 973. The van der Waals surface area contributed by atoms with Crippen LogP contribution >= 0.6 is 11.6 Å². The molecule has 2 amide bonds. The molecule has 0 saturated heterocycles. The summed E-state index contributed by atoms with van der Waals surface area (Å²) >= 11 is 5.77. The van der Waals surface area contributed by atoms with Crippen molar-refractivity contribution in [3.63, 3.8) is 0 Å². The smallest absolute Gasteiger partial charge is 0.288 e. The average molecular weight is 418 g/mol. The quantitative estimate of drug-likeness (QED) is 0.391. The van der Waals surface area contributed by atoms with Gasteiger partial charge in [-0.05, 0) is 29.8 Å². The summed E-state index contributed by atoms with van der Waals surface area (Å²) in [4.78, 5) is 34.3. The van der Waals surface area contributed by atoms with Crippen molar-refractivity contribution >= 4 is 46.6 Å². The predicted molar refractivity (Wildman–Crippen MR) is 112 cm³/mol. The van der Waals surface area contributed by atoms with Crippen LogP contribution in [0.15, 0.2) is 42.5 Å². The van der Waals surface area contributed by atoms with Crippen LogP contribution in [0.2, 0.25) is 5.02 Å². The van der Waals surface area contributed by atoms with E-state index in [9.17, 15) is 19.7 Å². The molecule has 0 fully saturated rings. The summed E-state index contributed by atoms with van der Waals surface area (Å²) in [6, 6.07) is 9.06. The van der Waals surface area contributed by atoms with Crippen molar-refractivity contribution in [1.82, 2.24) is 0 Å². The van der Waals surface area contributed by atoms with E-state index in [0.29, 0.717) is 22.7 Å². The highest BCUT2D eigenvalue weighted by Gasteiger charge is 2.13. The number of methoxy groups -OCH3 is 1. The van der Waals surface area contributed by atoms with Crippen LogP contribution in [0.3, 0.4) is 0 Å². The van der Waals surface area contributed by atoms with Gasteiger partial charge in [-0.3, -0.25) is 19.7 Å². The zero-order valence-corrected chi connectivity index (χ0v) is 16.8. The second-order valence-electron chi connectivity index (χ2n) is 6.35. The van der Waals surface area contributed by atoms with Crippen molar-refractivity contribution in [3.05, 3.63) is 63.2 Å². The Morgan fingerprint density at radius 1 is 1.17 bits per heavy atom. The van der Waals surface area contributed by atoms with Gasteiger partial charge in [-0.25, -0.2) is 0 Å². The molecule has 0 spiro atoms. The van der Waals surface area contributed by atoms with Crippen LogP contribution in [0, 0.1) is 16.0 Å². The number of rotatable bonds is 7. The molecular weight excluding hydrogens is 398 g/mol. The first-order chi connectivity index (χ1) is 13.7. The lowest BCUT2D eigenvalue weighted by Gasteiger charge is -2.13. The maximum absolute atomic E-state index is 12.2. The molecule has 0 atom stereocenters. The van der Waals surface area contributed by atoms with Crippen molar-refractivity contribution in [1.29, 1.82) is 0 Å². The van der Waals surface area contributed by atoms with Crippen LogP contribution in [0.25, 0.3) is 6.08 Å². The molecule has 2 rings (SSSR count). The molecule has 152 valence electrons. The summed E-state index contributed by atoms with van der Waals surface area (Å²) < 4.78 is 5.26. The van der Waals surface area contributed by atoms with Crippen LogP contribution in [0.5, 0.6) is 5.75 Å². The summed E-state index contributed by atoms with van der Waals surface area (Å²) in [7, 11) is 1.46. The zero-order valence-electron chi connectivity index (χ0n) is 16.1. The number of anilines is 2. The fourth-order valence-electron chi connectivity index (χ4n) is 2.28. The minimum atomic E-state index is -0.592. The number of nitro groups is 1. The third-order valence-corrected chi connectivity index (χ3v) is 4.16. The fourth-order valence-corrected chi connectivity index (χ4v) is 2.46. The van der Waals surface area contributed by atoms with E-state index in [1.165, 1.54) is 31.4 Å². The third-order valence-electron chi connectivity index (χ3n) is 3.85. The molecular formula is C20H20ClN3O5. The highest BCUT2D eigenvalue weighted by Crippen LogP contribution is 2.29. The second-order valence-corrected chi connectivity index (χ2v) is 6.76. The van der Waals surface area contributed by atoms with Crippen LogP contribution in [-0.4, -0.2) is 23.8 Å². The van der Waals surface area contributed by atoms with Gasteiger partial charge in [-0.15, -0.1) is 0 Å². The summed E-state index contributed by atoms with van der Waals surface area (Å²) in [5.41, 5.74) is 1.17. The van der Waals surface area contributed by atoms with E-state index >= 15 is 0 Å². The molecule has 2 aromatic rings. The highest BCUT2D eigenvalue weighted by molar-refractivity contribution is 6.32. The minimum absolute atomic E-state index is 0.0216. The monoisotopic (exact) mass is 417 g/mol. The number of nitrogens with one attached hydrogen (secondary N) is 2. The van der Waals surface area contributed by atoms with Gasteiger partial charge in [0.05, 0.1) is 17.7 Å². The van der Waals surface area contributed by atoms with Gasteiger partial charge < -0.3 is 15.4 Å². The Morgan fingerprint density at radius 2 is 1.90 bits per heavy atom. The van der Waals surface area contributed by atoms with Gasteiger partial charge >= 0.3 is 0 Å². The molecule has 9 heteroatoms. The van der Waals surface area contributed by atoms with Gasteiger partial charge in [0.1, 0.15) is 10.8 Å². The number of nitrogens with zero attached hydrogens (tertiary/aromatic N) is 1. The van der Waals surface area contributed by atoms with Gasteiger partial charge in [0.15, 0.2) is 0 Å². The summed E-state index contributed by atoms with van der Waals surface area (Å²) in [5, 5.41) is 16.4. The number of carbonyl (C=O) groups excluding carboxylic acids is 2.